The molecule has 0 aliphatic carbocycles. The van der Waals surface area contributed by atoms with E-state index >= 15 is 0 Å². The van der Waals surface area contributed by atoms with Crippen LogP contribution in [0.4, 0.5) is 13.2 Å². The van der Waals surface area contributed by atoms with Crippen molar-refractivity contribution in [3.8, 4) is 0 Å². The van der Waals surface area contributed by atoms with Crippen molar-refractivity contribution in [3.05, 3.63) is 50.9 Å². The average molecular weight is 342 g/mol. The molecule has 0 spiro atoms. The van der Waals surface area contributed by atoms with E-state index in [0.717, 1.165) is 11.0 Å². The molecule has 0 amide bonds. The second kappa shape index (κ2) is 5.36. The Balaban J connectivity index is 2.06. The number of aryl methyl sites for hydroxylation is 1. The maximum Gasteiger partial charge on any atom is 0.435 e. The van der Waals surface area contributed by atoms with Gasteiger partial charge >= 0.3 is 6.18 Å². The highest BCUT2D eigenvalue weighted by atomic mass is 32.1. The van der Waals surface area contributed by atoms with E-state index < -0.39 is 11.9 Å². The zero-order chi connectivity index (χ0) is 15.9. The van der Waals surface area contributed by atoms with Gasteiger partial charge in [0.05, 0.1) is 10.6 Å². The molecule has 0 unspecified atom stereocenters. The van der Waals surface area contributed by atoms with Crippen LogP contribution >= 0.6 is 22.7 Å². The second-order valence-corrected chi connectivity index (χ2v) is 6.67. The molecular formula is C14H9F3N2OS2. The van der Waals surface area contributed by atoms with Crippen molar-refractivity contribution in [3.63, 3.8) is 0 Å². The summed E-state index contributed by atoms with van der Waals surface area (Å²) in [5.41, 5.74) is -1.11. The molecule has 3 aromatic heterocycles. The minimum Gasteiger partial charge on any atom is -0.290 e. The molecule has 3 nitrogen and oxygen atoms in total. The Bertz CT molecular complexity index is 857. The maximum atomic E-state index is 13.1. The van der Waals surface area contributed by atoms with Crippen LogP contribution in [0.5, 0.6) is 0 Å². The number of imidazole rings is 1. The lowest BCUT2D eigenvalue weighted by Gasteiger charge is -2.03. The van der Waals surface area contributed by atoms with Crippen molar-refractivity contribution in [1.29, 1.82) is 0 Å². The van der Waals surface area contributed by atoms with Crippen LogP contribution in [-0.4, -0.2) is 15.2 Å². The number of hydrogen-bond acceptors (Lipinski definition) is 4. The number of allylic oxidation sites excluding steroid dienone is 1. The van der Waals surface area contributed by atoms with Gasteiger partial charge in [0, 0.05) is 11.1 Å². The van der Waals surface area contributed by atoms with Crippen LogP contribution in [0.3, 0.4) is 0 Å². The van der Waals surface area contributed by atoms with Crippen LogP contribution in [0.1, 0.15) is 25.9 Å². The summed E-state index contributed by atoms with van der Waals surface area (Å²) >= 11 is 2.41. The summed E-state index contributed by atoms with van der Waals surface area (Å²) < 4.78 is 40.6. The number of thiazole rings is 1. The standard InChI is InChI=1S/C14H9F3N2OS2/c1-8-7-19-9(4-5-10(20)11-3-2-6-21-11)12(14(15,16)17)18-13(19)22-8/h2-7H,1H3/b5-4+. The number of carbonyl (C=O) groups excluding carboxylic acids is 1. The molecule has 0 fully saturated rings. The summed E-state index contributed by atoms with van der Waals surface area (Å²) in [6.45, 7) is 1.79. The van der Waals surface area contributed by atoms with E-state index in [9.17, 15) is 18.0 Å². The number of nitrogens with zero attached hydrogens (tertiary/aromatic N) is 2. The predicted molar refractivity (Wildman–Crippen MR) is 80.5 cm³/mol. The molecule has 3 heterocycles. The molecular weight excluding hydrogens is 333 g/mol. The zero-order valence-corrected chi connectivity index (χ0v) is 12.9. The molecule has 0 radical (unpaired) electrons. The Labute approximate surface area is 131 Å². The summed E-state index contributed by atoms with van der Waals surface area (Å²) in [5, 5.41) is 1.74. The van der Waals surface area contributed by atoms with E-state index in [4.69, 9.17) is 0 Å². The number of halogens is 3. The van der Waals surface area contributed by atoms with Gasteiger partial charge in [-0.25, -0.2) is 4.98 Å². The summed E-state index contributed by atoms with van der Waals surface area (Å²) in [6.07, 6.45) is -0.655. The SMILES string of the molecule is Cc1cn2c(/C=C/C(=O)c3cccs3)c(C(F)(F)F)nc2s1. The number of ketones is 1. The van der Waals surface area contributed by atoms with E-state index in [-0.39, 0.29) is 16.4 Å². The Morgan fingerprint density at radius 2 is 2.18 bits per heavy atom. The van der Waals surface area contributed by atoms with E-state index in [2.05, 4.69) is 4.98 Å². The van der Waals surface area contributed by atoms with Gasteiger partial charge in [-0.15, -0.1) is 22.7 Å². The van der Waals surface area contributed by atoms with Crippen LogP contribution in [0.25, 0.3) is 11.0 Å². The van der Waals surface area contributed by atoms with Gasteiger partial charge in [0.15, 0.2) is 16.4 Å². The summed E-state index contributed by atoms with van der Waals surface area (Å²) in [7, 11) is 0. The van der Waals surface area contributed by atoms with Gasteiger partial charge in [-0.2, -0.15) is 13.2 Å². The maximum absolute atomic E-state index is 13.1. The van der Waals surface area contributed by atoms with Gasteiger partial charge in [0.25, 0.3) is 0 Å². The van der Waals surface area contributed by atoms with Crippen molar-refractivity contribution in [2.24, 2.45) is 0 Å². The quantitative estimate of drug-likeness (QED) is 0.512. The molecule has 3 aromatic rings. The fraction of sp³-hybridized carbons (Fsp3) is 0.143. The Morgan fingerprint density at radius 1 is 1.41 bits per heavy atom. The molecule has 114 valence electrons. The van der Waals surface area contributed by atoms with E-state index in [0.29, 0.717) is 4.88 Å². The molecule has 0 aromatic carbocycles. The molecule has 0 N–H and O–H groups in total. The summed E-state index contributed by atoms with van der Waals surface area (Å²) in [5.74, 6) is -0.329. The third-order valence-corrected chi connectivity index (χ3v) is 4.69. The first-order valence-electron chi connectivity index (χ1n) is 6.18. The Hall–Kier alpha value is -1.93. The molecule has 0 aliphatic heterocycles. The van der Waals surface area contributed by atoms with Crippen LogP contribution in [-0.2, 0) is 6.18 Å². The first-order chi connectivity index (χ1) is 10.4. The van der Waals surface area contributed by atoms with Crippen LogP contribution < -0.4 is 0 Å². The summed E-state index contributed by atoms with van der Waals surface area (Å²) in [6, 6.07) is 3.34. The number of thiophene rings is 1. The second-order valence-electron chi connectivity index (χ2n) is 4.51. The van der Waals surface area contributed by atoms with Gasteiger partial charge in [0.2, 0.25) is 0 Å². The van der Waals surface area contributed by atoms with E-state index in [1.807, 2.05) is 0 Å². The highest BCUT2D eigenvalue weighted by Gasteiger charge is 2.37. The third kappa shape index (κ3) is 2.71. The molecule has 0 saturated heterocycles. The van der Waals surface area contributed by atoms with Crippen LogP contribution in [0.2, 0.25) is 0 Å². The van der Waals surface area contributed by atoms with Gasteiger partial charge in [-0.3, -0.25) is 9.20 Å². The first-order valence-corrected chi connectivity index (χ1v) is 7.87. The topological polar surface area (TPSA) is 34.4 Å². The van der Waals surface area contributed by atoms with Gasteiger partial charge in [-0.05, 0) is 30.5 Å². The predicted octanol–water partition coefficient (Wildman–Crippen LogP) is 4.68. The van der Waals surface area contributed by atoms with Crippen molar-refractivity contribution in [2.75, 3.05) is 0 Å². The van der Waals surface area contributed by atoms with Gasteiger partial charge in [0.1, 0.15) is 0 Å². The number of rotatable bonds is 3. The largest absolute Gasteiger partial charge is 0.435 e. The van der Waals surface area contributed by atoms with Crippen molar-refractivity contribution >= 4 is 39.5 Å². The number of aromatic nitrogens is 2. The monoisotopic (exact) mass is 342 g/mol. The molecule has 22 heavy (non-hydrogen) atoms. The molecule has 0 aliphatic rings. The van der Waals surface area contributed by atoms with E-state index in [1.54, 1.807) is 30.6 Å². The summed E-state index contributed by atoms with van der Waals surface area (Å²) in [4.78, 5) is 17.1. The van der Waals surface area contributed by atoms with Crippen LogP contribution in [0, 0.1) is 6.92 Å². The first kappa shape index (κ1) is 15.0. The zero-order valence-electron chi connectivity index (χ0n) is 11.2. The molecule has 8 heteroatoms. The lowest BCUT2D eigenvalue weighted by Crippen LogP contribution is -2.08. The van der Waals surface area contributed by atoms with Crippen molar-refractivity contribution in [1.82, 2.24) is 9.38 Å². The number of hydrogen-bond donors (Lipinski definition) is 0. The molecule has 0 bridgehead atoms. The Morgan fingerprint density at radius 3 is 2.82 bits per heavy atom. The molecule has 0 saturated carbocycles. The average Bonchev–Trinajstić information content (AvgIpc) is 3.10. The fourth-order valence-corrected chi connectivity index (χ4v) is 3.47. The Kier molecular flexibility index (Phi) is 3.65. The third-order valence-electron chi connectivity index (χ3n) is 2.90. The molecule has 3 rings (SSSR count). The minimum absolute atomic E-state index is 0.128. The molecule has 0 atom stereocenters. The number of fused-ring (bicyclic) bond motifs is 1. The fourth-order valence-electron chi connectivity index (χ4n) is 2.00. The minimum atomic E-state index is -4.56. The number of carbonyl (C=O) groups is 1. The smallest absolute Gasteiger partial charge is 0.290 e. The highest BCUT2D eigenvalue weighted by Crippen LogP contribution is 2.34. The van der Waals surface area contributed by atoms with Gasteiger partial charge < -0.3 is 0 Å². The van der Waals surface area contributed by atoms with Gasteiger partial charge in [-0.1, -0.05) is 6.07 Å². The van der Waals surface area contributed by atoms with E-state index in [1.165, 1.54) is 33.2 Å². The lowest BCUT2D eigenvalue weighted by molar-refractivity contribution is -0.140. The van der Waals surface area contributed by atoms with Crippen molar-refractivity contribution in [2.45, 2.75) is 13.1 Å². The number of alkyl halides is 3. The highest BCUT2D eigenvalue weighted by molar-refractivity contribution is 7.17. The van der Waals surface area contributed by atoms with Crippen molar-refractivity contribution < 1.29 is 18.0 Å². The lowest BCUT2D eigenvalue weighted by atomic mass is 10.2. The van der Waals surface area contributed by atoms with Crippen LogP contribution in [0.15, 0.2) is 29.8 Å². The normalized spacial score (nSPS) is 12.5.